The molecule has 2 aromatic heterocycles. The van der Waals surface area contributed by atoms with E-state index < -0.39 is 0 Å². The highest BCUT2D eigenvalue weighted by Gasteiger charge is 2.19. The van der Waals surface area contributed by atoms with Gasteiger partial charge >= 0.3 is 6.15 Å². The predicted molar refractivity (Wildman–Crippen MR) is 137 cm³/mol. The van der Waals surface area contributed by atoms with E-state index in [-0.39, 0.29) is 12.8 Å². The van der Waals surface area contributed by atoms with Gasteiger partial charge < -0.3 is 5.11 Å². The highest BCUT2D eigenvalue weighted by Crippen LogP contribution is 2.41. The minimum atomic E-state index is 0.0102. The molecular formula is C24H21Cl2N3O3S2. The number of aromatic nitrogens is 3. The van der Waals surface area contributed by atoms with E-state index in [0.717, 1.165) is 43.0 Å². The van der Waals surface area contributed by atoms with Crippen LogP contribution in [0.5, 0.6) is 0 Å². The fraction of sp³-hybridized carbons (Fsp3) is 0.208. The number of rotatable bonds is 6. The number of nitrogens with zero attached hydrogens (tertiary/aromatic N) is 3. The molecule has 0 atom stereocenters. The first-order chi connectivity index (χ1) is 16.3. The van der Waals surface area contributed by atoms with E-state index in [9.17, 15) is 5.11 Å². The third-order valence-corrected chi connectivity index (χ3v) is 7.63. The molecule has 0 saturated heterocycles. The van der Waals surface area contributed by atoms with Crippen LogP contribution >= 0.6 is 46.3 Å². The smallest absolute Gasteiger partial charge is 0.373 e. The van der Waals surface area contributed by atoms with E-state index in [1.165, 1.54) is 0 Å². The molecule has 0 amide bonds. The van der Waals surface area contributed by atoms with Crippen LogP contribution < -0.4 is 0 Å². The summed E-state index contributed by atoms with van der Waals surface area (Å²) in [5.41, 5.74) is 5.62. The second-order valence-electron chi connectivity index (χ2n) is 7.44. The summed E-state index contributed by atoms with van der Waals surface area (Å²) in [4.78, 5) is 21.2. The molecule has 0 aliphatic rings. The Balaban J connectivity index is 0.00000103. The van der Waals surface area contributed by atoms with Crippen LogP contribution in [0.25, 0.3) is 27.5 Å². The maximum Gasteiger partial charge on any atom is 0.373 e. The summed E-state index contributed by atoms with van der Waals surface area (Å²) in [6.07, 6.45) is 2.24. The SMILES string of the molecule is Cc1nn(-c2nc(-c3ccc(Cl)c(Cl)c3)c(SC(C)C)s2)cc1-c1cccc(CO)c1.O=C=O. The standard InChI is InChI=1S/C23H21Cl2N3OS2.CO2/c1-13(2)30-22-21(17-7-8-19(24)20(25)10-17)26-23(31-22)28-11-18(14(3)27-28)16-6-4-5-15(9-16)12-29;2-1-3/h4-11,13,29H,12H2,1-3H3;. The van der Waals surface area contributed by atoms with Crippen molar-refractivity contribution in [3.05, 3.63) is 70.0 Å². The quantitative estimate of drug-likeness (QED) is 0.278. The van der Waals surface area contributed by atoms with Crippen molar-refractivity contribution in [2.75, 3.05) is 0 Å². The van der Waals surface area contributed by atoms with Crippen molar-refractivity contribution in [2.24, 2.45) is 0 Å². The van der Waals surface area contributed by atoms with E-state index in [1.54, 1.807) is 29.2 Å². The monoisotopic (exact) mass is 533 g/mol. The maximum absolute atomic E-state index is 9.46. The summed E-state index contributed by atoms with van der Waals surface area (Å²) in [5.74, 6) is 0. The lowest BCUT2D eigenvalue weighted by atomic mass is 10.0. The van der Waals surface area contributed by atoms with Crippen LogP contribution in [0.4, 0.5) is 0 Å². The topological polar surface area (TPSA) is 85.1 Å². The third kappa shape index (κ3) is 6.16. The minimum absolute atomic E-state index is 0.0102. The van der Waals surface area contributed by atoms with E-state index in [0.29, 0.717) is 15.3 Å². The van der Waals surface area contributed by atoms with Crippen molar-refractivity contribution >= 4 is 52.5 Å². The van der Waals surface area contributed by atoms with E-state index in [1.807, 2.05) is 54.2 Å². The van der Waals surface area contributed by atoms with Gasteiger partial charge in [0.1, 0.15) is 0 Å². The van der Waals surface area contributed by atoms with Crippen molar-refractivity contribution < 1.29 is 14.7 Å². The summed E-state index contributed by atoms with van der Waals surface area (Å²) in [7, 11) is 0. The molecule has 0 spiro atoms. The molecule has 0 aliphatic carbocycles. The molecule has 2 heterocycles. The van der Waals surface area contributed by atoms with Crippen LogP contribution in [0.15, 0.2) is 52.9 Å². The van der Waals surface area contributed by atoms with E-state index in [4.69, 9.17) is 42.9 Å². The largest absolute Gasteiger partial charge is 0.392 e. The Morgan fingerprint density at radius 3 is 2.50 bits per heavy atom. The van der Waals surface area contributed by atoms with Crippen LogP contribution in [0.1, 0.15) is 25.1 Å². The molecule has 4 aromatic rings. The molecule has 2 aromatic carbocycles. The molecule has 0 aliphatic heterocycles. The molecule has 0 radical (unpaired) electrons. The Morgan fingerprint density at radius 2 is 1.85 bits per heavy atom. The van der Waals surface area contributed by atoms with Crippen LogP contribution in [0.3, 0.4) is 0 Å². The lowest BCUT2D eigenvalue weighted by molar-refractivity contribution is -0.191. The lowest BCUT2D eigenvalue weighted by Crippen LogP contribution is -1.94. The lowest BCUT2D eigenvalue weighted by Gasteiger charge is -2.05. The molecule has 0 bridgehead atoms. The molecular weight excluding hydrogens is 513 g/mol. The summed E-state index contributed by atoms with van der Waals surface area (Å²) in [6.45, 7) is 6.31. The summed E-state index contributed by atoms with van der Waals surface area (Å²) in [5, 5.41) is 16.4. The number of hydrogen-bond donors (Lipinski definition) is 1. The van der Waals surface area contributed by atoms with Crippen molar-refractivity contribution in [3.8, 4) is 27.5 Å². The van der Waals surface area contributed by atoms with Gasteiger partial charge in [-0.15, -0.1) is 11.8 Å². The number of benzene rings is 2. The molecule has 1 N–H and O–H groups in total. The van der Waals surface area contributed by atoms with Crippen molar-refractivity contribution in [1.29, 1.82) is 0 Å². The first-order valence-corrected chi connectivity index (χ1v) is 12.6. The van der Waals surface area contributed by atoms with E-state index in [2.05, 4.69) is 13.8 Å². The number of hydrogen-bond acceptors (Lipinski definition) is 7. The number of aryl methyl sites for hydroxylation is 1. The zero-order valence-corrected chi connectivity index (χ0v) is 21.7. The van der Waals surface area contributed by atoms with Crippen molar-refractivity contribution in [2.45, 2.75) is 36.8 Å². The summed E-state index contributed by atoms with van der Waals surface area (Å²) < 4.78 is 2.94. The number of aliphatic hydroxyl groups excluding tert-OH is 1. The fourth-order valence-corrected chi connectivity index (χ4v) is 5.94. The number of thioether (sulfide) groups is 1. The molecule has 0 unspecified atom stereocenters. The zero-order chi connectivity index (χ0) is 24.8. The Hall–Kier alpha value is -2.45. The van der Waals surface area contributed by atoms with Gasteiger partial charge in [-0.1, -0.05) is 72.7 Å². The zero-order valence-electron chi connectivity index (χ0n) is 18.6. The first kappa shape index (κ1) is 26.2. The van der Waals surface area contributed by atoms with Gasteiger partial charge in [0.2, 0.25) is 5.13 Å². The summed E-state index contributed by atoms with van der Waals surface area (Å²) >= 11 is 15.7. The van der Waals surface area contributed by atoms with Gasteiger partial charge in [0.15, 0.2) is 0 Å². The van der Waals surface area contributed by atoms with E-state index >= 15 is 0 Å². The van der Waals surface area contributed by atoms with Gasteiger partial charge in [-0.2, -0.15) is 14.7 Å². The average molecular weight is 534 g/mol. The fourth-order valence-electron chi connectivity index (χ4n) is 3.19. The van der Waals surface area contributed by atoms with Crippen LogP contribution in [0, 0.1) is 6.92 Å². The molecule has 6 nitrogen and oxygen atoms in total. The highest BCUT2D eigenvalue weighted by molar-refractivity contribution is 8.01. The number of aliphatic hydroxyl groups is 1. The Morgan fingerprint density at radius 1 is 1.12 bits per heavy atom. The van der Waals surface area contributed by atoms with Gasteiger partial charge in [0, 0.05) is 22.6 Å². The van der Waals surface area contributed by atoms with Crippen LogP contribution in [0.2, 0.25) is 10.0 Å². The molecule has 10 heteroatoms. The maximum atomic E-state index is 9.46. The van der Waals surface area contributed by atoms with Gasteiger partial charge in [-0.25, -0.2) is 9.67 Å². The number of halogens is 2. The second-order valence-corrected chi connectivity index (χ2v) is 11.1. The van der Waals surface area contributed by atoms with Crippen molar-refractivity contribution in [1.82, 2.24) is 14.8 Å². The second kappa shape index (κ2) is 11.8. The predicted octanol–water partition coefficient (Wildman–Crippen LogP) is 6.69. The Labute approximate surface area is 215 Å². The highest BCUT2D eigenvalue weighted by atomic mass is 35.5. The molecule has 0 fully saturated rings. The third-order valence-electron chi connectivity index (χ3n) is 4.64. The molecule has 0 saturated carbocycles. The van der Waals surface area contributed by atoms with Crippen LogP contribution in [-0.4, -0.2) is 31.3 Å². The number of thiazole rings is 1. The van der Waals surface area contributed by atoms with Gasteiger partial charge in [0.05, 0.1) is 32.2 Å². The average Bonchev–Trinajstić information content (AvgIpc) is 3.39. The normalized spacial score (nSPS) is 10.7. The van der Waals surface area contributed by atoms with Gasteiger partial charge in [-0.3, -0.25) is 0 Å². The molecule has 4 rings (SSSR count). The van der Waals surface area contributed by atoms with Crippen molar-refractivity contribution in [3.63, 3.8) is 0 Å². The first-order valence-electron chi connectivity index (χ1n) is 10.2. The molecule has 176 valence electrons. The molecule has 34 heavy (non-hydrogen) atoms. The summed E-state index contributed by atoms with van der Waals surface area (Å²) in [6, 6.07) is 13.5. The van der Waals surface area contributed by atoms with Gasteiger partial charge in [0.25, 0.3) is 0 Å². The Kier molecular flexibility index (Phi) is 9.08. The number of carbonyl (C=O) groups excluding carboxylic acids is 2. The Bertz CT molecular complexity index is 1330. The van der Waals surface area contributed by atoms with Crippen LogP contribution in [-0.2, 0) is 16.2 Å². The van der Waals surface area contributed by atoms with Gasteiger partial charge in [-0.05, 0) is 36.2 Å². The minimum Gasteiger partial charge on any atom is -0.392 e.